The minimum atomic E-state index is -0.789. The third-order valence-electron chi connectivity index (χ3n) is 4.67. The number of rotatable bonds is 5. The molecule has 0 aliphatic heterocycles. The highest BCUT2D eigenvalue weighted by atomic mass is 16.4. The van der Waals surface area contributed by atoms with E-state index < -0.39 is 17.3 Å². The second-order valence-electron chi connectivity index (χ2n) is 6.00. The van der Waals surface area contributed by atoms with E-state index in [4.69, 9.17) is 5.73 Å². The fourth-order valence-corrected chi connectivity index (χ4v) is 3.12. The summed E-state index contributed by atoms with van der Waals surface area (Å²) < 4.78 is 0. The van der Waals surface area contributed by atoms with Gasteiger partial charge in [-0.05, 0) is 43.7 Å². The molecule has 2 aliphatic carbocycles. The van der Waals surface area contributed by atoms with E-state index in [0.29, 0.717) is 24.2 Å². The highest BCUT2D eigenvalue weighted by Gasteiger charge is 2.44. The molecule has 112 valence electrons. The number of primary amides is 1. The summed E-state index contributed by atoms with van der Waals surface area (Å²) in [5.74, 6) is -0.892. The van der Waals surface area contributed by atoms with Crippen molar-refractivity contribution in [2.45, 2.75) is 38.5 Å². The maximum atomic E-state index is 11.6. The number of carbonyl (C=O) groups is 2. The van der Waals surface area contributed by atoms with Crippen LogP contribution in [0.15, 0.2) is 6.07 Å². The number of nitrogens with two attached hydrogens (primary N) is 1. The molecule has 0 bridgehead atoms. The van der Waals surface area contributed by atoms with Gasteiger partial charge in [-0.25, -0.2) is 4.98 Å². The van der Waals surface area contributed by atoms with Crippen molar-refractivity contribution in [2.75, 3.05) is 11.9 Å². The molecule has 21 heavy (non-hydrogen) atoms. The highest BCUT2D eigenvalue weighted by molar-refractivity contribution is 5.98. The number of aromatic nitrogens is 1. The van der Waals surface area contributed by atoms with Gasteiger partial charge in [0.25, 0.3) is 5.91 Å². The molecule has 1 saturated carbocycles. The van der Waals surface area contributed by atoms with E-state index in [1.54, 1.807) is 6.07 Å². The molecule has 0 radical (unpaired) electrons. The summed E-state index contributed by atoms with van der Waals surface area (Å²) in [5, 5.41) is 12.4. The summed E-state index contributed by atoms with van der Waals surface area (Å²) in [7, 11) is 0. The van der Waals surface area contributed by atoms with Crippen LogP contribution in [0.1, 0.15) is 47.3 Å². The van der Waals surface area contributed by atoms with Gasteiger partial charge in [0.2, 0.25) is 0 Å². The second-order valence-corrected chi connectivity index (χ2v) is 6.00. The van der Waals surface area contributed by atoms with Crippen LogP contribution in [-0.4, -0.2) is 28.5 Å². The summed E-state index contributed by atoms with van der Waals surface area (Å²) in [6.07, 6.45) is 5.09. The largest absolute Gasteiger partial charge is 0.481 e. The Kier molecular flexibility index (Phi) is 3.31. The monoisotopic (exact) mass is 289 g/mol. The molecule has 3 rings (SSSR count). The minimum Gasteiger partial charge on any atom is -0.481 e. The number of carboxylic acids is 1. The molecule has 0 aromatic carbocycles. The quantitative estimate of drug-likeness (QED) is 0.758. The van der Waals surface area contributed by atoms with Crippen LogP contribution < -0.4 is 11.1 Å². The molecule has 2 aliphatic rings. The maximum absolute atomic E-state index is 11.6. The van der Waals surface area contributed by atoms with E-state index in [9.17, 15) is 14.7 Å². The van der Waals surface area contributed by atoms with Gasteiger partial charge < -0.3 is 16.2 Å². The Hall–Kier alpha value is -2.11. The van der Waals surface area contributed by atoms with Gasteiger partial charge in [-0.1, -0.05) is 6.42 Å². The van der Waals surface area contributed by atoms with Gasteiger partial charge in [-0.15, -0.1) is 0 Å². The molecule has 6 heteroatoms. The first kappa shape index (κ1) is 13.9. The predicted molar refractivity (Wildman–Crippen MR) is 77.2 cm³/mol. The molecular formula is C15H19N3O3. The fraction of sp³-hybridized carbons (Fsp3) is 0.533. The first-order valence-electron chi connectivity index (χ1n) is 7.32. The number of hydrogen-bond acceptors (Lipinski definition) is 4. The molecule has 1 amide bonds. The molecule has 1 aromatic heterocycles. The van der Waals surface area contributed by atoms with Crippen LogP contribution in [0.4, 0.5) is 5.82 Å². The van der Waals surface area contributed by atoms with Crippen LogP contribution in [0.25, 0.3) is 0 Å². The van der Waals surface area contributed by atoms with Crippen molar-refractivity contribution in [1.82, 2.24) is 4.98 Å². The number of pyridine rings is 1. The molecule has 1 fully saturated rings. The fourth-order valence-electron chi connectivity index (χ4n) is 3.12. The number of aryl methyl sites for hydroxylation is 2. The van der Waals surface area contributed by atoms with Crippen LogP contribution in [0.2, 0.25) is 0 Å². The Bertz CT molecular complexity index is 608. The van der Waals surface area contributed by atoms with Gasteiger partial charge in [0.1, 0.15) is 5.82 Å². The lowest BCUT2D eigenvalue weighted by Gasteiger charge is -2.37. The number of hydrogen-bond donors (Lipinski definition) is 3. The number of carbonyl (C=O) groups excluding carboxylic acids is 1. The Balaban J connectivity index is 1.84. The van der Waals surface area contributed by atoms with Crippen molar-refractivity contribution in [3.05, 3.63) is 22.9 Å². The number of amides is 1. The number of carboxylic acid groups (broad SMARTS) is 1. The lowest BCUT2D eigenvalue weighted by molar-refractivity contribution is -0.153. The Morgan fingerprint density at radius 2 is 2.10 bits per heavy atom. The zero-order chi connectivity index (χ0) is 15.0. The normalized spacial score (nSPS) is 18.7. The number of fused-ring (bicyclic) bond motifs is 1. The van der Waals surface area contributed by atoms with Crippen LogP contribution >= 0.6 is 0 Å². The van der Waals surface area contributed by atoms with Crippen molar-refractivity contribution in [3.8, 4) is 0 Å². The lowest BCUT2D eigenvalue weighted by atomic mass is 9.69. The van der Waals surface area contributed by atoms with E-state index in [-0.39, 0.29) is 6.54 Å². The molecule has 4 N–H and O–H groups in total. The third-order valence-corrected chi connectivity index (χ3v) is 4.67. The molecule has 0 unspecified atom stereocenters. The number of anilines is 1. The molecule has 1 heterocycles. The average Bonchev–Trinajstić information content (AvgIpc) is 2.82. The first-order chi connectivity index (χ1) is 10.0. The van der Waals surface area contributed by atoms with E-state index in [2.05, 4.69) is 10.3 Å². The lowest BCUT2D eigenvalue weighted by Crippen LogP contribution is -2.44. The number of nitrogens with one attached hydrogen (secondary N) is 1. The zero-order valence-electron chi connectivity index (χ0n) is 11.8. The van der Waals surface area contributed by atoms with E-state index in [1.807, 2.05) is 0 Å². The molecule has 0 saturated heterocycles. The Labute approximate surface area is 122 Å². The molecule has 6 nitrogen and oxygen atoms in total. The summed E-state index contributed by atoms with van der Waals surface area (Å²) in [4.78, 5) is 27.5. The standard InChI is InChI=1S/C15H19N3O3/c16-12(19)10-7-9-3-1-4-11(9)18-13(10)17-8-15(14(20)21)5-2-6-15/h7H,1-6,8H2,(H2,16,19)(H,17,18)(H,20,21). The smallest absolute Gasteiger partial charge is 0.311 e. The Morgan fingerprint density at radius 3 is 2.67 bits per heavy atom. The minimum absolute atomic E-state index is 0.286. The first-order valence-corrected chi connectivity index (χ1v) is 7.32. The molecule has 0 spiro atoms. The van der Waals surface area contributed by atoms with Crippen molar-refractivity contribution in [1.29, 1.82) is 0 Å². The Morgan fingerprint density at radius 1 is 1.33 bits per heavy atom. The van der Waals surface area contributed by atoms with Crippen LogP contribution in [0.5, 0.6) is 0 Å². The van der Waals surface area contributed by atoms with Gasteiger partial charge in [0, 0.05) is 12.2 Å². The van der Waals surface area contributed by atoms with Gasteiger partial charge in [-0.3, -0.25) is 9.59 Å². The average molecular weight is 289 g/mol. The summed E-state index contributed by atoms with van der Waals surface area (Å²) in [6, 6.07) is 1.80. The third kappa shape index (κ3) is 2.34. The zero-order valence-corrected chi connectivity index (χ0v) is 11.8. The van der Waals surface area contributed by atoms with E-state index in [1.165, 1.54) is 0 Å². The van der Waals surface area contributed by atoms with Gasteiger partial charge >= 0.3 is 5.97 Å². The van der Waals surface area contributed by atoms with Crippen molar-refractivity contribution < 1.29 is 14.7 Å². The highest BCUT2D eigenvalue weighted by Crippen LogP contribution is 2.41. The topological polar surface area (TPSA) is 105 Å². The summed E-state index contributed by atoms with van der Waals surface area (Å²) >= 11 is 0. The van der Waals surface area contributed by atoms with Gasteiger partial charge in [0.15, 0.2) is 0 Å². The number of nitrogens with zero attached hydrogens (tertiary/aromatic N) is 1. The molecule has 1 aromatic rings. The summed E-state index contributed by atoms with van der Waals surface area (Å²) in [6.45, 7) is 0.286. The number of aliphatic carboxylic acids is 1. The second kappa shape index (κ2) is 5.02. The molecular weight excluding hydrogens is 270 g/mol. The van der Waals surface area contributed by atoms with Crippen molar-refractivity contribution >= 4 is 17.7 Å². The van der Waals surface area contributed by atoms with Crippen LogP contribution in [-0.2, 0) is 17.6 Å². The van der Waals surface area contributed by atoms with Gasteiger partial charge in [-0.2, -0.15) is 0 Å². The van der Waals surface area contributed by atoms with Crippen molar-refractivity contribution in [2.24, 2.45) is 11.1 Å². The SMILES string of the molecule is NC(=O)c1cc2c(nc1NCC1(C(=O)O)CCC1)CCC2. The van der Waals surface area contributed by atoms with Gasteiger partial charge in [0.05, 0.1) is 11.0 Å². The predicted octanol–water partition coefficient (Wildman–Crippen LogP) is 1.34. The van der Waals surface area contributed by atoms with Crippen LogP contribution in [0.3, 0.4) is 0 Å². The van der Waals surface area contributed by atoms with E-state index >= 15 is 0 Å². The van der Waals surface area contributed by atoms with Crippen molar-refractivity contribution in [3.63, 3.8) is 0 Å². The maximum Gasteiger partial charge on any atom is 0.311 e. The van der Waals surface area contributed by atoms with E-state index in [0.717, 1.165) is 36.9 Å². The molecule has 0 atom stereocenters. The summed E-state index contributed by atoms with van der Waals surface area (Å²) in [5.41, 5.74) is 7.11. The van der Waals surface area contributed by atoms with Crippen LogP contribution in [0, 0.1) is 5.41 Å².